The molecular formula is C9H17NO4S. The third kappa shape index (κ3) is 7.21. The molecule has 0 unspecified atom stereocenters. The highest BCUT2D eigenvalue weighted by Gasteiger charge is 2.20. The van der Waals surface area contributed by atoms with E-state index in [0.29, 0.717) is 18.4 Å². The Bertz CT molecular complexity index is 237. The highest BCUT2D eigenvalue weighted by molar-refractivity contribution is 8.11. The van der Waals surface area contributed by atoms with Crippen molar-refractivity contribution >= 4 is 23.2 Å². The molecule has 0 bridgehead atoms. The van der Waals surface area contributed by atoms with E-state index in [9.17, 15) is 9.59 Å². The fraction of sp³-hybridized carbons (Fsp3) is 0.778. The van der Waals surface area contributed by atoms with Gasteiger partial charge in [-0.15, -0.1) is 0 Å². The minimum atomic E-state index is -0.978. The van der Waals surface area contributed by atoms with E-state index in [1.165, 1.54) is 0 Å². The van der Waals surface area contributed by atoms with E-state index in [-0.39, 0.29) is 0 Å². The molecule has 1 atom stereocenters. The summed E-state index contributed by atoms with van der Waals surface area (Å²) < 4.78 is 7.51. The number of carboxylic acids is 1. The minimum absolute atomic E-state index is 0.408. The van der Waals surface area contributed by atoms with Gasteiger partial charge in [0.2, 0.25) is 0 Å². The molecule has 0 radical (unpaired) electrons. The Morgan fingerprint density at radius 2 is 2.00 bits per heavy atom. The van der Waals surface area contributed by atoms with E-state index < -0.39 is 22.9 Å². The first kappa shape index (κ1) is 14.2. The molecule has 88 valence electrons. The normalized spacial score (nSPS) is 13.3. The number of aliphatic carboxylic acids is 1. The first-order chi connectivity index (χ1) is 6.76. The Kier molecular flexibility index (Phi) is 5.67. The molecule has 0 heterocycles. The van der Waals surface area contributed by atoms with Crippen molar-refractivity contribution in [3.8, 4) is 0 Å². The molecule has 6 heteroatoms. The summed E-state index contributed by atoms with van der Waals surface area (Å²) in [5.41, 5.74) is -0.559. The van der Waals surface area contributed by atoms with Crippen LogP contribution in [0.5, 0.6) is 0 Å². The van der Waals surface area contributed by atoms with E-state index in [1.54, 1.807) is 27.7 Å². The lowest BCUT2D eigenvalue weighted by Gasteiger charge is -2.19. The molecule has 5 nitrogen and oxygen atoms in total. The van der Waals surface area contributed by atoms with Crippen LogP contribution in [0.25, 0.3) is 0 Å². The summed E-state index contributed by atoms with van der Waals surface area (Å²) in [6, 6.07) is -0.734. The van der Waals surface area contributed by atoms with Gasteiger partial charge in [-0.1, -0.05) is 6.92 Å². The Labute approximate surface area is 93.7 Å². The summed E-state index contributed by atoms with van der Waals surface area (Å²) in [4.78, 5) is 21.8. The van der Waals surface area contributed by atoms with Crippen LogP contribution in [0, 0.1) is 0 Å². The predicted molar refractivity (Wildman–Crippen MR) is 58.7 cm³/mol. The zero-order valence-corrected chi connectivity index (χ0v) is 10.2. The van der Waals surface area contributed by atoms with Crippen LogP contribution in [0.4, 0.5) is 4.79 Å². The quantitative estimate of drug-likeness (QED) is 0.573. The molecule has 0 aromatic carbocycles. The lowest BCUT2D eigenvalue weighted by atomic mass is 10.2. The Hall–Kier alpha value is -0.750. The molecule has 2 N–H and O–H groups in total. The van der Waals surface area contributed by atoms with Crippen molar-refractivity contribution in [3.63, 3.8) is 0 Å². The van der Waals surface area contributed by atoms with Gasteiger partial charge in [0.1, 0.15) is 11.6 Å². The second-order valence-electron chi connectivity index (χ2n) is 3.98. The van der Waals surface area contributed by atoms with Gasteiger partial charge >= 0.3 is 11.3 Å². The van der Waals surface area contributed by atoms with E-state index in [4.69, 9.17) is 9.84 Å². The standard InChI is InChI=1S/C9H17NO4S/c1-5-6(7(11)12)10-15-8(13)14-9(2,3)4/h6,10H,5H2,1-4H3,(H,11,12)/t6-/m0/s1. The lowest BCUT2D eigenvalue weighted by Crippen LogP contribution is -2.33. The van der Waals surface area contributed by atoms with Gasteiger partial charge in [0.05, 0.1) is 0 Å². The van der Waals surface area contributed by atoms with Crippen LogP contribution in [-0.4, -0.2) is 28.0 Å². The predicted octanol–water partition coefficient (Wildman–Crippen LogP) is 2.02. The third-order valence-corrected chi connectivity index (χ3v) is 2.03. The maximum absolute atomic E-state index is 11.2. The van der Waals surface area contributed by atoms with E-state index >= 15 is 0 Å². The highest BCUT2D eigenvalue weighted by atomic mass is 32.2. The number of carboxylic acid groups (broad SMARTS) is 1. The van der Waals surface area contributed by atoms with E-state index in [2.05, 4.69) is 4.72 Å². The zero-order chi connectivity index (χ0) is 12.1. The van der Waals surface area contributed by atoms with Gasteiger partial charge in [-0.05, 0) is 27.2 Å². The molecule has 0 amide bonds. The van der Waals surface area contributed by atoms with Crippen LogP contribution >= 0.6 is 11.9 Å². The molecule has 0 fully saturated rings. The maximum atomic E-state index is 11.2. The monoisotopic (exact) mass is 235 g/mol. The number of hydrogen-bond donors (Lipinski definition) is 2. The molecule has 0 saturated carbocycles. The van der Waals surface area contributed by atoms with E-state index in [0.717, 1.165) is 0 Å². The highest BCUT2D eigenvalue weighted by Crippen LogP contribution is 2.13. The van der Waals surface area contributed by atoms with Crippen molar-refractivity contribution in [2.24, 2.45) is 0 Å². The largest absolute Gasteiger partial charge is 0.480 e. The van der Waals surface area contributed by atoms with Crippen molar-refractivity contribution in [1.82, 2.24) is 4.72 Å². The van der Waals surface area contributed by atoms with Gasteiger partial charge in [-0.3, -0.25) is 4.79 Å². The third-order valence-electron chi connectivity index (χ3n) is 1.38. The van der Waals surface area contributed by atoms with Crippen molar-refractivity contribution in [2.75, 3.05) is 0 Å². The maximum Gasteiger partial charge on any atom is 0.383 e. The summed E-state index contributed by atoms with van der Waals surface area (Å²) >= 11 is 0.672. The molecule has 0 spiro atoms. The fourth-order valence-electron chi connectivity index (χ4n) is 0.698. The van der Waals surface area contributed by atoms with Gasteiger partial charge in [0.15, 0.2) is 0 Å². The average molecular weight is 235 g/mol. The van der Waals surface area contributed by atoms with Gasteiger partial charge in [-0.25, -0.2) is 9.52 Å². The van der Waals surface area contributed by atoms with Crippen molar-refractivity contribution < 1.29 is 19.4 Å². The molecule has 0 aromatic rings. The van der Waals surface area contributed by atoms with Crippen molar-refractivity contribution in [3.05, 3.63) is 0 Å². The van der Waals surface area contributed by atoms with Crippen molar-refractivity contribution in [2.45, 2.75) is 45.8 Å². The number of ether oxygens (including phenoxy) is 1. The second-order valence-corrected chi connectivity index (χ2v) is 4.76. The fourth-order valence-corrected chi connectivity index (χ4v) is 1.50. The van der Waals surface area contributed by atoms with E-state index in [1.807, 2.05) is 0 Å². The average Bonchev–Trinajstić information content (AvgIpc) is 2.01. The number of carbonyl (C=O) groups is 2. The second kappa shape index (κ2) is 5.97. The first-order valence-electron chi connectivity index (χ1n) is 4.64. The molecule has 0 saturated heterocycles. The van der Waals surface area contributed by atoms with Crippen molar-refractivity contribution in [1.29, 1.82) is 0 Å². The molecule has 15 heavy (non-hydrogen) atoms. The Morgan fingerprint density at radius 3 is 2.33 bits per heavy atom. The Balaban J connectivity index is 3.94. The van der Waals surface area contributed by atoms with Gasteiger partial charge in [0.25, 0.3) is 0 Å². The summed E-state index contributed by atoms with van der Waals surface area (Å²) in [6.45, 7) is 6.97. The van der Waals surface area contributed by atoms with Crippen LogP contribution in [-0.2, 0) is 9.53 Å². The summed E-state index contributed by atoms with van der Waals surface area (Å²) in [7, 11) is 0. The number of rotatable bonds is 4. The summed E-state index contributed by atoms with van der Waals surface area (Å²) in [5.74, 6) is -0.978. The minimum Gasteiger partial charge on any atom is -0.480 e. The van der Waals surface area contributed by atoms with Crippen LogP contribution in [0.15, 0.2) is 0 Å². The van der Waals surface area contributed by atoms with Crippen LogP contribution in [0.1, 0.15) is 34.1 Å². The molecular weight excluding hydrogens is 218 g/mol. The number of carbonyl (C=O) groups excluding carboxylic acids is 1. The van der Waals surface area contributed by atoms with Crippen LogP contribution in [0.3, 0.4) is 0 Å². The molecule has 0 aliphatic rings. The molecule has 0 aromatic heterocycles. The number of nitrogens with one attached hydrogen (secondary N) is 1. The molecule has 0 rings (SSSR count). The van der Waals surface area contributed by atoms with Gasteiger partial charge in [-0.2, -0.15) is 0 Å². The summed E-state index contributed by atoms with van der Waals surface area (Å²) in [5, 5.41) is 8.17. The molecule has 0 aliphatic carbocycles. The summed E-state index contributed by atoms with van der Waals surface area (Å²) in [6.07, 6.45) is 0.408. The first-order valence-corrected chi connectivity index (χ1v) is 5.46. The Morgan fingerprint density at radius 1 is 1.47 bits per heavy atom. The topological polar surface area (TPSA) is 75.6 Å². The molecule has 0 aliphatic heterocycles. The van der Waals surface area contributed by atoms with Gasteiger partial charge < -0.3 is 9.84 Å². The lowest BCUT2D eigenvalue weighted by molar-refractivity contribution is -0.138. The van der Waals surface area contributed by atoms with Crippen LogP contribution < -0.4 is 4.72 Å². The zero-order valence-electron chi connectivity index (χ0n) is 9.36. The smallest absolute Gasteiger partial charge is 0.383 e. The number of hydrogen-bond acceptors (Lipinski definition) is 5. The van der Waals surface area contributed by atoms with Gasteiger partial charge in [0, 0.05) is 11.9 Å². The SMILES string of the molecule is CC[C@H](NSC(=O)OC(C)(C)C)C(=O)O. The van der Waals surface area contributed by atoms with Crippen LogP contribution in [0.2, 0.25) is 0 Å².